The van der Waals surface area contributed by atoms with E-state index in [1.165, 1.54) is 0 Å². The van der Waals surface area contributed by atoms with Crippen LogP contribution in [0, 0.1) is 11.3 Å². The SMILES string of the molecule is CCOCCC(=O)OCC(C)(C)C(OC(=O)CCOCC)C(C)C. The molecule has 0 saturated carbocycles. The summed E-state index contributed by atoms with van der Waals surface area (Å²) in [6.45, 7) is 13.6. The van der Waals surface area contributed by atoms with Crippen molar-refractivity contribution in [3.8, 4) is 0 Å². The van der Waals surface area contributed by atoms with Gasteiger partial charge in [0.2, 0.25) is 0 Å². The van der Waals surface area contributed by atoms with E-state index in [-0.39, 0.29) is 43.4 Å². The van der Waals surface area contributed by atoms with Crippen LogP contribution in [0.25, 0.3) is 0 Å². The molecule has 0 spiro atoms. The van der Waals surface area contributed by atoms with E-state index in [0.29, 0.717) is 26.4 Å². The zero-order valence-corrected chi connectivity index (χ0v) is 16.1. The summed E-state index contributed by atoms with van der Waals surface area (Å²) in [4.78, 5) is 23.7. The van der Waals surface area contributed by atoms with Gasteiger partial charge in [-0.15, -0.1) is 0 Å². The van der Waals surface area contributed by atoms with Crippen molar-refractivity contribution in [2.24, 2.45) is 11.3 Å². The standard InChI is InChI=1S/C18H34O6/c1-7-21-11-9-15(19)23-13-18(5,6)17(14(3)4)24-16(20)10-12-22-8-2/h14,17H,7-13H2,1-6H3. The normalized spacial score (nSPS) is 13.0. The Morgan fingerprint density at radius 3 is 1.88 bits per heavy atom. The Morgan fingerprint density at radius 1 is 0.917 bits per heavy atom. The highest BCUT2D eigenvalue weighted by Gasteiger charge is 2.36. The molecule has 0 aromatic heterocycles. The Bertz CT molecular complexity index is 365. The molecule has 24 heavy (non-hydrogen) atoms. The fraction of sp³-hybridized carbons (Fsp3) is 0.889. The van der Waals surface area contributed by atoms with Gasteiger partial charge >= 0.3 is 11.9 Å². The zero-order chi connectivity index (χ0) is 18.6. The average molecular weight is 346 g/mol. The second kappa shape index (κ2) is 12.3. The minimum atomic E-state index is -0.475. The lowest BCUT2D eigenvalue weighted by atomic mass is 9.81. The Kier molecular flexibility index (Phi) is 11.7. The molecule has 1 atom stereocenters. The lowest BCUT2D eigenvalue weighted by Gasteiger charge is -2.36. The van der Waals surface area contributed by atoms with Crippen molar-refractivity contribution in [1.82, 2.24) is 0 Å². The van der Waals surface area contributed by atoms with E-state index in [1.54, 1.807) is 0 Å². The van der Waals surface area contributed by atoms with Crippen molar-refractivity contribution in [2.75, 3.05) is 33.0 Å². The van der Waals surface area contributed by atoms with Crippen LogP contribution < -0.4 is 0 Å². The van der Waals surface area contributed by atoms with Gasteiger partial charge in [-0.2, -0.15) is 0 Å². The number of carbonyl (C=O) groups is 2. The van der Waals surface area contributed by atoms with Crippen LogP contribution in [-0.4, -0.2) is 51.1 Å². The maximum absolute atomic E-state index is 12.0. The van der Waals surface area contributed by atoms with Gasteiger partial charge in [0.15, 0.2) is 0 Å². The van der Waals surface area contributed by atoms with Gasteiger partial charge in [0.25, 0.3) is 0 Å². The monoisotopic (exact) mass is 346 g/mol. The molecule has 6 heteroatoms. The summed E-state index contributed by atoms with van der Waals surface area (Å²) in [6.07, 6.45) is 0.109. The third-order valence-electron chi connectivity index (χ3n) is 3.55. The van der Waals surface area contributed by atoms with E-state index >= 15 is 0 Å². The molecule has 0 aliphatic rings. The quantitative estimate of drug-likeness (QED) is 0.377. The Morgan fingerprint density at radius 2 is 1.42 bits per heavy atom. The van der Waals surface area contributed by atoms with Gasteiger partial charge in [-0.05, 0) is 19.8 Å². The minimum Gasteiger partial charge on any atom is -0.465 e. The molecule has 0 N–H and O–H groups in total. The topological polar surface area (TPSA) is 71.1 Å². The van der Waals surface area contributed by atoms with Gasteiger partial charge in [0, 0.05) is 18.6 Å². The Labute approximate surface area is 146 Å². The van der Waals surface area contributed by atoms with Crippen LogP contribution in [0.2, 0.25) is 0 Å². The van der Waals surface area contributed by atoms with E-state index in [9.17, 15) is 9.59 Å². The van der Waals surface area contributed by atoms with Crippen molar-refractivity contribution >= 4 is 11.9 Å². The summed E-state index contributed by atoms with van der Waals surface area (Å²) >= 11 is 0. The van der Waals surface area contributed by atoms with Gasteiger partial charge in [-0.25, -0.2) is 0 Å². The molecule has 0 fully saturated rings. The van der Waals surface area contributed by atoms with Gasteiger partial charge in [-0.3, -0.25) is 9.59 Å². The second-order valence-electron chi connectivity index (χ2n) is 6.70. The molecule has 0 aliphatic carbocycles. The van der Waals surface area contributed by atoms with Crippen molar-refractivity contribution in [1.29, 1.82) is 0 Å². The molecule has 1 unspecified atom stereocenters. The summed E-state index contributed by atoms with van der Waals surface area (Å²) in [5.74, 6) is -0.488. The Hall–Kier alpha value is -1.14. The molecule has 0 radical (unpaired) electrons. The number of esters is 2. The Balaban J connectivity index is 4.49. The molecule has 0 bridgehead atoms. The summed E-state index contributed by atoms with van der Waals surface area (Å²) in [5.41, 5.74) is -0.475. The number of rotatable bonds is 13. The maximum Gasteiger partial charge on any atom is 0.308 e. The summed E-state index contributed by atoms with van der Waals surface area (Å²) < 4.78 is 21.3. The summed E-state index contributed by atoms with van der Waals surface area (Å²) in [7, 11) is 0. The number of ether oxygens (including phenoxy) is 4. The molecule has 142 valence electrons. The highest BCUT2D eigenvalue weighted by molar-refractivity contribution is 5.70. The molecule has 0 aromatic rings. The van der Waals surface area contributed by atoms with Gasteiger partial charge < -0.3 is 18.9 Å². The summed E-state index contributed by atoms with van der Waals surface area (Å²) in [6, 6.07) is 0. The highest BCUT2D eigenvalue weighted by atomic mass is 16.6. The van der Waals surface area contributed by atoms with Crippen LogP contribution in [-0.2, 0) is 28.5 Å². The number of hydrogen-bond donors (Lipinski definition) is 0. The van der Waals surface area contributed by atoms with E-state index in [1.807, 2.05) is 41.5 Å². The molecule has 6 nitrogen and oxygen atoms in total. The van der Waals surface area contributed by atoms with Crippen molar-refractivity contribution in [3.05, 3.63) is 0 Å². The van der Waals surface area contributed by atoms with Crippen molar-refractivity contribution < 1.29 is 28.5 Å². The van der Waals surface area contributed by atoms with Crippen LogP contribution in [0.4, 0.5) is 0 Å². The third-order valence-corrected chi connectivity index (χ3v) is 3.55. The van der Waals surface area contributed by atoms with Crippen LogP contribution in [0.15, 0.2) is 0 Å². The highest BCUT2D eigenvalue weighted by Crippen LogP contribution is 2.30. The summed E-state index contributed by atoms with van der Waals surface area (Å²) in [5, 5.41) is 0. The molecule has 0 aliphatic heterocycles. The largest absolute Gasteiger partial charge is 0.465 e. The number of carbonyl (C=O) groups excluding carboxylic acids is 2. The first-order valence-corrected chi connectivity index (χ1v) is 8.75. The lowest BCUT2D eigenvalue weighted by Crippen LogP contribution is -2.42. The van der Waals surface area contributed by atoms with E-state index in [2.05, 4.69) is 0 Å². The molecule has 0 heterocycles. The zero-order valence-electron chi connectivity index (χ0n) is 16.1. The molecule has 0 aromatic carbocycles. The first-order chi connectivity index (χ1) is 11.2. The van der Waals surface area contributed by atoms with Crippen LogP contribution in [0.1, 0.15) is 54.4 Å². The van der Waals surface area contributed by atoms with Crippen molar-refractivity contribution in [3.63, 3.8) is 0 Å². The minimum absolute atomic E-state index is 0.109. The number of hydrogen-bond acceptors (Lipinski definition) is 6. The molecule has 0 rings (SSSR count). The van der Waals surface area contributed by atoms with Gasteiger partial charge in [-0.1, -0.05) is 27.7 Å². The lowest BCUT2D eigenvalue weighted by molar-refractivity contribution is -0.166. The predicted molar refractivity (Wildman–Crippen MR) is 91.7 cm³/mol. The first kappa shape index (κ1) is 22.9. The maximum atomic E-state index is 12.0. The average Bonchev–Trinajstić information content (AvgIpc) is 2.51. The molecular formula is C18H34O6. The first-order valence-electron chi connectivity index (χ1n) is 8.75. The predicted octanol–water partition coefficient (Wildman–Crippen LogP) is 2.98. The fourth-order valence-corrected chi connectivity index (χ4v) is 2.42. The third kappa shape index (κ3) is 9.88. The van der Waals surface area contributed by atoms with E-state index in [0.717, 1.165) is 0 Å². The van der Waals surface area contributed by atoms with E-state index in [4.69, 9.17) is 18.9 Å². The van der Waals surface area contributed by atoms with Crippen LogP contribution in [0.5, 0.6) is 0 Å². The smallest absolute Gasteiger partial charge is 0.308 e. The molecular weight excluding hydrogens is 312 g/mol. The van der Waals surface area contributed by atoms with E-state index < -0.39 is 5.41 Å². The van der Waals surface area contributed by atoms with Gasteiger partial charge in [0.05, 0.1) is 32.7 Å². The molecule has 0 saturated heterocycles. The van der Waals surface area contributed by atoms with Crippen LogP contribution >= 0.6 is 0 Å². The fourth-order valence-electron chi connectivity index (χ4n) is 2.42. The van der Waals surface area contributed by atoms with Gasteiger partial charge in [0.1, 0.15) is 6.10 Å². The van der Waals surface area contributed by atoms with Crippen molar-refractivity contribution in [2.45, 2.75) is 60.5 Å². The second-order valence-corrected chi connectivity index (χ2v) is 6.70. The molecule has 0 amide bonds. The van der Waals surface area contributed by atoms with Crippen LogP contribution in [0.3, 0.4) is 0 Å².